The van der Waals surface area contributed by atoms with Crippen LogP contribution in [0.2, 0.25) is 0 Å². The van der Waals surface area contributed by atoms with Crippen molar-refractivity contribution in [2.45, 2.75) is 33.2 Å². The molecule has 0 saturated heterocycles. The summed E-state index contributed by atoms with van der Waals surface area (Å²) in [5.74, 6) is 0.353. The molecular formula is C10H17NO. The molecule has 1 aliphatic rings. The van der Waals surface area contributed by atoms with E-state index < -0.39 is 0 Å². The zero-order chi connectivity index (χ0) is 9.35. The molecule has 0 aromatic heterocycles. The highest BCUT2D eigenvalue weighted by Gasteiger charge is 2.30. The molecule has 0 radical (unpaired) electrons. The third-order valence-corrected chi connectivity index (χ3v) is 2.19. The van der Waals surface area contributed by atoms with Crippen LogP contribution in [0.5, 0.6) is 0 Å². The second kappa shape index (κ2) is 3.02. The molecule has 1 rings (SSSR count). The molecule has 0 saturated carbocycles. The first-order chi connectivity index (χ1) is 5.41. The first-order valence-corrected chi connectivity index (χ1v) is 4.39. The maximum atomic E-state index is 11.7. The molecule has 0 amide bonds. The third kappa shape index (κ3) is 1.95. The van der Waals surface area contributed by atoms with E-state index in [9.17, 15) is 4.79 Å². The van der Waals surface area contributed by atoms with E-state index in [1.807, 2.05) is 32.9 Å². The van der Waals surface area contributed by atoms with Gasteiger partial charge in [0.2, 0.25) is 0 Å². The highest BCUT2D eigenvalue weighted by molar-refractivity contribution is 5.87. The van der Waals surface area contributed by atoms with Gasteiger partial charge in [0.05, 0.1) is 0 Å². The molecule has 0 aromatic carbocycles. The van der Waals surface area contributed by atoms with Gasteiger partial charge in [0.15, 0.2) is 0 Å². The second-order valence-electron chi connectivity index (χ2n) is 4.51. The van der Waals surface area contributed by atoms with Crippen LogP contribution in [0, 0.1) is 11.3 Å². The largest absolute Gasteiger partial charge is 0.324 e. The van der Waals surface area contributed by atoms with Crippen molar-refractivity contribution in [3.63, 3.8) is 0 Å². The first-order valence-electron chi connectivity index (χ1n) is 4.39. The predicted octanol–water partition coefficient (Wildman–Crippen LogP) is 1.51. The summed E-state index contributed by atoms with van der Waals surface area (Å²) in [4.78, 5) is 11.7. The van der Waals surface area contributed by atoms with Crippen molar-refractivity contribution in [1.29, 1.82) is 0 Å². The quantitative estimate of drug-likeness (QED) is 0.601. The van der Waals surface area contributed by atoms with Crippen LogP contribution in [0.3, 0.4) is 0 Å². The van der Waals surface area contributed by atoms with Gasteiger partial charge >= 0.3 is 0 Å². The van der Waals surface area contributed by atoms with Crippen molar-refractivity contribution in [2.24, 2.45) is 17.1 Å². The Morgan fingerprint density at radius 3 is 2.33 bits per heavy atom. The van der Waals surface area contributed by atoms with Crippen molar-refractivity contribution in [3.05, 3.63) is 12.2 Å². The van der Waals surface area contributed by atoms with Gasteiger partial charge in [0, 0.05) is 17.4 Å². The van der Waals surface area contributed by atoms with E-state index in [1.165, 1.54) is 0 Å². The van der Waals surface area contributed by atoms with Crippen molar-refractivity contribution in [3.8, 4) is 0 Å². The van der Waals surface area contributed by atoms with Crippen LogP contribution in [0.1, 0.15) is 27.2 Å². The highest BCUT2D eigenvalue weighted by atomic mass is 16.1. The lowest BCUT2D eigenvalue weighted by molar-refractivity contribution is -0.128. The number of Topliss-reactive ketones (excluding diaryl/α,β-unsaturated/α-hetero) is 1. The minimum Gasteiger partial charge on any atom is -0.324 e. The van der Waals surface area contributed by atoms with Crippen LogP contribution in [0.4, 0.5) is 0 Å². The van der Waals surface area contributed by atoms with Gasteiger partial charge in [-0.05, 0) is 6.42 Å². The van der Waals surface area contributed by atoms with E-state index in [4.69, 9.17) is 5.73 Å². The maximum absolute atomic E-state index is 11.7. The number of hydrogen-bond donors (Lipinski definition) is 1. The fourth-order valence-corrected chi connectivity index (χ4v) is 1.48. The smallest absolute Gasteiger partial charge is 0.145 e. The number of allylic oxidation sites excluding steroid dienone is 1. The Labute approximate surface area is 73.8 Å². The summed E-state index contributed by atoms with van der Waals surface area (Å²) in [5, 5.41) is 0. The summed E-state index contributed by atoms with van der Waals surface area (Å²) >= 11 is 0. The molecule has 2 atom stereocenters. The van der Waals surface area contributed by atoms with Gasteiger partial charge < -0.3 is 5.73 Å². The summed E-state index contributed by atoms with van der Waals surface area (Å²) in [5.41, 5.74) is 5.43. The van der Waals surface area contributed by atoms with E-state index in [1.54, 1.807) is 0 Å². The molecule has 2 unspecified atom stereocenters. The molecule has 0 bridgehead atoms. The van der Waals surface area contributed by atoms with Crippen LogP contribution >= 0.6 is 0 Å². The fraction of sp³-hybridized carbons (Fsp3) is 0.700. The lowest BCUT2D eigenvalue weighted by atomic mass is 9.82. The van der Waals surface area contributed by atoms with Gasteiger partial charge in [-0.1, -0.05) is 32.9 Å². The van der Waals surface area contributed by atoms with Gasteiger partial charge in [0.25, 0.3) is 0 Å². The van der Waals surface area contributed by atoms with Gasteiger partial charge in [-0.25, -0.2) is 0 Å². The molecule has 12 heavy (non-hydrogen) atoms. The topological polar surface area (TPSA) is 43.1 Å². The van der Waals surface area contributed by atoms with Crippen LogP contribution < -0.4 is 5.73 Å². The van der Waals surface area contributed by atoms with Gasteiger partial charge in [0.1, 0.15) is 5.78 Å². The Bertz CT molecular complexity index is 212. The lowest BCUT2D eigenvalue weighted by Gasteiger charge is -2.20. The Morgan fingerprint density at radius 1 is 1.42 bits per heavy atom. The lowest BCUT2D eigenvalue weighted by Crippen LogP contribution is -2.28. The summed E-state index contributed by atoms with van der Waals surface area (Å²) in [6.45, 7) is 5.85. The number of nitrogens with two attached hydrogens (primary N) is 1. The normalized spacial score (nSPS) is 29.3. The van der Waals surface area contributed by atoms with Gasteiger partial charge in [-0.3, -0.25) is 4.79 Å². The summed E-state index contributed by atoms with van der Waals surface area (Å²) < 4.78 is 0. The fourth-order valence-electron chi connectivity index (χ4n) is 1.48. The summed E-state index contributed by atoms with van der Waals surface area (Å²) in [7, 11) is 0. The number of ketones is 1. The predicted molar refractivity (Wildman–Crippen MR) is 49.7 cm³/mol. The van der Waals surface area contributed by atoms with Crippen LogP contribution in [0.25, 0.3) is 0 Å². The molecule has 68 valence electrons. The second-order valence-corrected chi connectivity index (χ2v) is 4.51. The van der Waals surface area contributed by atoms with Crippen LogP contribution in [-0.2, 0) is 4.79 Å². The molecule has 0 fully saturated rings. The number of carbonyl (C=O) groups excluding carboxylic acids is 1. The Kier molecular flexibility index (Phi) is 2.38. The van der Waals surface area contributed by atoms with E-state index in [2.05, 4.69) is 0 Å². The molecule has 2 heteroatoms. The average Bonchev–Trinajstić information content (AvgIpc) is 2.32. The van der Waals surface area contributed by atoms with Gasteiger partial charge in [-0.15, -0.1) is 0 Å². The van der Waals surface area contributed by atoms with Gasteiger partial charge in [-0.2, -0.15) is 0 Å². The molecule has 0 aromatic rings. The maximum Gasteiger partial charge on any atom is 0.145 e. The van der Waals surface area contributed by atoms with Crippen LogP contribution in [-0.4, -0.2) is 11.8 Å². The van der Waals surface area contributed by atoms with Crippen molar-refractivity contribution in [2.75, 3.05) is 0 Å². The standard InChI is InChI=1S/C10H17NO/c1-10(2,3)9(12)7-4-5-8(11)6-7/h4-5,7-8H,6,11H2,1-3H3. The zero-order valence-electron chi connectivity index (χ0n) is 8.00. The van der Waals surface area contributed by atoms with Crippen molar-refractivity contribution >= 4 is 5.78 Å². The Balaban J connectivity index is 2.62. The molecule has 0 spiro atoms. The van der Waals surface area contributed by atoms with E-state index in [0.717, 1.165) is 6.42 Å². The van der Waals surface area contributed by atoms with E-state index in [-0.39, 0.29) is 17.4 Å². The molecule has 1 aliphatic carbocycles. The first kappa shape index (κ1) is 9.46. The van der Waals surface area contributed by atoms with Crippen molar-refractivity contribution < 1.29 is 4.79 Å². The summed E-state index contributed by atoms with van der Waals surface area (Å²) in [6.07, 6.45) is 4.66. The number of rotatable bonds is 1. The molecule has 0 aliphatic heterocycles. The summed E-state index contributed by atoms with van der Waals surface area (Å²) in [6, 6.07) is 0.0845. The molecule has 2 N–H and O–H groups in total. The van der Waals surface area contributed by atoms with E-state index >= 15 is 0 Å². The zero-order valence-corrected chi connectivity index (χ0v) is 8.00. The van der Waals surface area contributed by atoms with E-state index in [0.29, 0.717) is 5.78 Å². The third-order valence-electron chi connectivity index (χ3n) is 2.19. The Hall–Kier alpha value is -0.630. The minimum absolute atomic E-state index is 0.0556. The highest BCUT2D eigenvalue weighted by Crippen LogP contribution is 2.27. The monoisotopic (exact) mass is 167 g/mol. The molecular weight excluding hydrogens is 150 g/mol. The Morgan fingerprint density at radius 2 is 2.00 bits per heavy atom. The minimum atomic E-state index is -0.237. The van der Waals surface area contributed by atoms with Crippen LogP contribution in [0.15, 0.2) is 12.2 Å². The molecule has 0 heterocycles. The SMILES string of the molecule is CC(C)(C)C(=O)C1C=CC(N)C1. The number of hydrogen-bond acceptors (Lipinski definition) is 2. The van der Waals surface area contributed by atoms with Crippen molar-refractivity contribution in [1.82, 2.24) is 0 Å². The average molecular weight is 167 g/mol. The molecule has 2 nitrogen and oxygen atoms in total. The number of carbonyl (C=O) groups is 1.